The van der Waals surface area contributed by atoms with Crippen LogP contribution >= 0.6 is 22.9 Å². The zero-order chi connectivity index (χ0) is 25.3. The number of methoxy groups -OCH3 is 2. The Bertz CT molecular complexity index is 1490. The van der Waals surface area contributed by atoms with Gasteiger partial charge < -0.3 is 14.2 Å². The Morgan fingerprint density at radius 2 is 1.89 bits per heavy atom. The van der Waals surface area contributed by atoms with E-state index in [2.05, 4.69) is 4.99 Å². The predicted octanol–water partition coefficient (Wildman–Crippen LogP) is 3.86. The fourth-order valence-electron chi connectivity index (χ4n) is 3.97. The SMILES string of the molecule is COC(=O)C1=C(C)N=c2s/c(=C\c3ccc(OC(C)C)cc3)c(=O)n2[C@H]1c1cc(Cl)ccc1OC. The molecule has 0 amide bonds. The number of thiazole rings is 1. The van der Waals surface area contributed by atoms with E-state index in [4.69, 9.17) is 25.8 Å². The van der Waals surface area contributed by atoms with Crippen LogP contribution < -0.4 is 24.4 Å². The van der Waals surface area contributed by atoms with Crippen molar-refractivity contribution >= 4 is 35.0 Å². The first kappa shape index (κ1) is 24.8. The first-order chi connectivity index (χ1) is 16.7. The Hall–Kier alpha value is -3.36. The average molecular weight is 513 g/mol. The van der Waals surface area contributed by atoms with E-state index in [1.165, 1.54) is 30.1 Å². The van der Waals surface area contributed by atoms with Crippen molar-refractivity contribution in [2.45, 2.75) is 32.9 Å². The molecule has 0 spiro atoms. The van der Waals surface area contributed by atoms with Crippen LogP contribution in [-0.4, -0.2) is 30.9 Å². The van der Waals surface area contributed by atoms with Gasteiger partial charge in [0, 0.05) is 10.6 Å². The van der Waals surface area contributed by atoms with Gasteiger partial charge in [-0.3, -0.25) is 9.36 Å². The molecule has 0 N–H and O–H groups in total. The predicted molar refractivity (Wildman–Crippen MR) is 136 cm³/mol. The van der Waals surface area contributed by atoms with Crippen LogP contribution in [0.15, 0.2) is 63.5 Å². The molecule has 0 saturated carbocycles. The van der Waals surface area contributed by atoms with E-state index in [9.17, 15) is 9.59 Å². The number of allylic oxidation sites excluding steroid dienone is 1. The maximum absolute atomic E-state index is 13.7. The second-order valence-electron chi connectivity index (χ2n) is 8.20. The summed E-state index contributed by atoms with van der Waals surface area (Å²) in [5.41, 5.74) is 1.84. The number of ether oxygens (including phenoxy) is 3. The number of nitrogens with zero attached hydrogens (tertiary/aromatic N) is 2. The Balaban J connectivity index is 1.92. The monoisotopic (exact) mass is 512 g/mol. The van der Waals surface area contributed by atoms with Crippen molar-refractivity contribution in [3.8, 4) is 11.5 Å². The van der Waals surface area contributed by atoms with Gasteiger partial charge in [0.05, 0.1) is 36.1 Å². The van der Waals surface area contributed by atoms with E-state index in [0.29, 0.717) is 31.4 Å². The maximum atomic E-state index is 13.7. The van der Waals surface area contributed by atoms with E-state index in [1.54, 1.807) is 31.2 Å². The Labute approximate surface area is 211 Å². The first-order valence-corrected chi connectivity index (χ1v) is 12.1. The highest BCUT2D eigenvalue weighted by Crippen LogP contribution is 2.37. The summed E-state index contributed by atoms with van der Waals surface area (Å²) in [6.45, 7) is 5.65. The van der Waals surface area contributed by atoms with Crippen LogP contribution in [0.3, 0.4) is 0 Å². The number of aromatic nitrogens is 1. The van der Waals surface area contributed by atoms with Crippen molar-refractivity contribution in [3.63, 3.8) is 0 Å². The standard InChI is InChI=1S/C26H25ClN2O5S/c1-14(2)34-18-9-6-16(7-10-18)12-21-24(30)29-23(19-13-17(27)8-11-20(19)32-4)22(25(31)33-5)15(3)28-26(29)35-21/h6-14,23H,1-5H3/b21-12-/t23-/m0/s1. The van der Waals surface area contributed by atoms with Crippen LogP contribution in [0.2, 0.25) is 5.02 Å². The third kappa shape index (κ3) is 4.90. The van der Waals surface area contributed by atoms with Crippen molar-refractivity contribution in [1.82, 2.24) is 4.57 Å². The molecule has 35 heavy (non-hydrogen) atoms. The molecule has 2 aromatic carbocycles. The molecule has 0 aliphatic carbocycles. The molecular weight excluding hydrogens is 488 g/mol. The largest absolute Gasteiger partial charge is 0.496 e. The molecule has 3 aromatic rings. The van der Waals surface area contributed by atoms with Gasteiger partial charge in [-0.2, -0.15) is 0 Å². The fourth-order valence-corrected chi connectivity index (χ4v) is 5.20. The summed E-state index contributed by atoms with van der Waals surface area (Å²) < 4.78 is 18.3. The van der Waals surface area contributed by atoms with E-state index in [1.807, 2.05) is 38.1 Å². The molecule has 0 radical (unpaired) electrons. The lowest BCUT2D eigenvalue weighted by molar-refractivity contribution is -0.136. The number of rotatable bonds is 6. The smallest absolute Gasteiger partial charge is 0.338 e. The van der Waals surface area contributed by atoms with E-state index < -0.39 is 12.0 Å². The fraction of sp³-hybridized carbons (Fsp3) is 0.269. The molecule has 1 atom stereocenters. The van der Waals surface area contributed by atoms with Crippen molar-refractivity contribution in [2.75, 3.05) is 14.2 Å². The normalized spacial score (nSPS) is 15.6. The number of esters is 1. The van der Waals surface area contributed by atoms with Crippen molar-refractivity contribution in [2.24, 2.45) is 4.99 Å². The molecular formula is C26H25ClN2O5S. The van der Waals surface area contributed by atoms with Crippen molar-refractivity contribution < 1.29 is 19.0 Å². The highest BCUT2D eigenvalue weighted by Gasteiger charge is 2.35. The van der Waals surface area contributed by atoms with Gasteiger partial charge in [-0.25, -0.2) is 9.79 Å². The van der Waals surface area contributed by atoms with E-state index >= 15 is 0 Å². The van der Waals surface area contributed by atoms with Gasteiger partial charge in [0.1, 0.15) is 17.5 Å². The maximum Gasteiger partial charge on any atom is 0.338 e. The minimum Gasteiger partial charge on any atom is -0.496 e. The number of fused-ring (bicyclic) bond motifs is 1. The molecule has 1 aliphatic rings. The van der Waals surface area contributed by atoms with Gasteiger partial charge >= 0.3 is 5.97 Å². The molecule has 0 fully saturated rings. The molecule has 0 saturated heterocycles. The van der Waals surface area contributed by atoms with Gasteiger partial charge in [0.2, 0.25) is 0 Å². The molecule has 1 aromatic heterocycles. The molecule has 0 unspecified atom stereocenters. The summed E-state index contributed by atoms with van der Waals surface area (Å²) >= 11 is 7.55. The average Bonchev–Trinajstić information content (AvgIpc) is 3.13. The Morgan fingerprint density at radius 3 is 2.51 bits per heavy atom. The zero-order valence-electron chi connectivity index (χ0n) is 20.0. The van der Waals surface area contributed by atoms with Crippen molar-refractivity contribution in [3.05, 3.63) is 89.6 Å². The topological polar surface area (TPSA) is 79.1 Å². The molecule has 1 aliphatic heterocycles. The highest BCUT2D eigenvalue weighted by molar-refractivity contribution is 7.07. The third-order valence-corrected chi connectivity index (χ3v) is 6.68. The van der Waals surface area contributed by atoms with Gasteiger partial charge in [0.25, 0.3) is 5.56 Å². The first-order valence-electron chi connectivity index (χ1n) is 10.9. The summed E-state index contributed by atoms with van der Waals surface area (Å²) in [5.74, 6) is 0.670. The lowest BCUT2D eigenvalue weighted by atomic mass is 9.95. The molecule has 4 rings (SSSR count). The summed E-state index contributed by atoms with van der Waals surface area (Å²) in [4.78, 5) is 31.5. The van der Waals surface area contributed by atoms with E-state index in [0.717, 1.165) is 11.3 Å². The lowest BCUT2D eigenvalue weighted by Crippen LogP contribution is -2.40. The number of carbonyl (C=O) groups is 1. The minimum atomic E-state index is -0.809. The molecule has 182 valence electrons. The zero-order valence-corrected chi connectivity index (χ0v) is 21.6. The number of benzene rings is 2. The quantitative estimate of drug-likeness (QED) is 0.469. The second-order valence-corrected chi connectivity index (χ2v) is 9.64. The highest BCUT2D eigenvalue weighted by atomic mass is 35.5. The van der Waals surface area contributed by atoms with Crippen molar-refractivity contribution in [1.29, 1.82) is 0 Å². The molecule has 0 bridgehead atoms. The number of carbonyl (C=O) groups excluding carboxylic acids is 1. The van der Waals surface area contributed by atoms with E-state index in [-0.39, 0.29) is 17.2 Å². The second kappa shape index (κ2) is 10.1. The van der Waals surface area contributed by atoms with Crippen LogP contribution in [0, 0.1) is 0 Å². The van der Waals surface area contributed by atoms with Gasteiger partial charge in [-0.05, 0) is 62.7 Å². The van der Waals surface area contributed by atoms with Gasteiger partial charge in [0.15, 0.2) is 4.80 Å². The van der Waals surface area contributed by atoms with Crippen LogP contribution in [0.1, 0.15) is 37.9 Å². The van der Waals surface area contributed by atoms with Crippen LogP contribution in [0.5, 0.6) is 11.5 Å². The van der Waals surface area contributed by atoms with Gasteiger partial charge in [-0.15, -0.1) is 0 Å². The number of hydrogen-bond donors (Lipinski definition) is 0. The van der Waals surface area contributed by atoms with Gasteiger partial charge in [-0.1, -0.05) is 35.1 Å². The minimum absolute atomic E-state index is 0.0697. The van der Waals surface area contributed by atoms with Crippen LogP contribution in [0.25, 0.3) is 6.08 Å². The number of hydrogen-bond acceptors (Lipinski definition) is 7. The Kier molecular flexibility index (Phi) is 7.14. The molecule has 7 nitrogen and oxygen atoms in total. The summed E-state index contributed by atoms with van der Waals surface area (Å²) in [7, 11) is 2.82. The molecule has 9 heteroatoms. The molecule has 2 heterocycles. The summed E-state index contributed by atoms with van der Waals surface area (Å²) in [6, 6.07) is 11.8. The van der Waals surface area contributed by atoms with Crippen LogP contribution in [-0.2, 0) is 9.53 Å². The Morgan fingerprint density at radius 1 is 1.17 bits per heavy atom. The number of halogens is 1. The lowest BCUT2D eigenvalue weighted by Gasteiger charge is -2.25. The third-order valence-electron chi connectivity index (χ3n) is 5.46. The summed E-state index contributed by atoms with van der Waals surface area (Å²) in [6.07, 6.45) is 1.87. The summed E-state index contributed by atoms with van der Waals surface area (Å²) in [5, 5.41) is 0.450. The van der Waals surface area contributed by atoms with Crippen LogP contribution in [0.4, 0.5) is 0 Å².